The van der Waals surface area contributed by atoms with Crippen LogP contribution in [-0.4, -0.2) is 40.3 Å². The zero-order valence-corrected chi connectivity index (χ0v) is 14.0. The van der Waals surface area contributed by atoms with E-state index in [-0.39, 0.29) is 5.60 Å². The average Bonchev–Trinajstić information content (AvgIpc) is 2.79. The van der Waals surface area contributed by atoms with Crippen LogP contribution in [0.15, 0.2) is 0 Å². The van der Waals surface area contributed by atoms with Crippen molar-refractivity contribution in [3.8, 4) is 0 Å². The number of aryl methyl sites for hydroxylation is 1. The Balaban J connectivity index is 2.95. The Kier molecular flexibility index (Phi) is 6.33. The van der Waals surface area contributed by atoms with Crippen LogP contribution in [0.25, 0.3) is 0 Å². The first-order chi connectivity index (χ1) is 9.80. The van der Waals surface area contributed by atoms with Gasteiger partial charge in [0.15, 0.2) is 5.69 Å². The van der Waals surface area contributed by atoms with Crippen LogP contribution in [0, 0.1) is 5.92 Å². The molecule has 0 aliphatic rings. The molecule has 1 aromatic rings. The lowest BCUT2D eigenvalue weighted by Gasteiger charge is -2.23. The van der Waals surface area contributed by atoms with Gasteiger partial charge in [0.25, 0.3) is 0 Å². The maximum absolute atomic E-state index is 12.0. The molecular formula is C15H27N3O3. The number of carbonyl (C=O) groups excluding carboxylic acids is 1. The van der Waals surface area contributed by atoms with Crippen LogP contribution in [-0.2, 0) is 22.4 Å². The van der Waals surface area contributed by atoms with Crippen LogP contribution in [0.5, 0.6) is 0 Å². The number of esters is 1. The molecule has 1 heterocycles. The summed E-state index contributed by atoms with van der Waals surface area (Å²) in [5.41, 5.74) is 0.946. The molecule has 1 aromatic heterocycles. The van der Waals surface area contributed by atoms with E-state index in [2.05, 4.69) is 24.2 Å². The smallest absolute Gasteiger partial charge is 0.360 e. The predicted molar refractivity (Wildman–Crippen MR) is 80.2 cm³/mol. The Labute approximate surface area is 126 Å². The number of aromatic nitrogens is 3. The number of hydrogen-bond donors (Lipinski definition) is 0. The van der Waals surface area contributed by atoms with Crippen LogP contribution in [0.1, 0.15) is 57.2 Å². The van der Waals surface area contributed by atoms with Gasteiger partial charge < -0.3 is 9.47 Å². The van der Waals surface area contributed by atoms with E-state index in [1.165, 1.54) is 0 Å². The lowest BCUT2D eigenvalue weighted by atomic mass is 10.0. The predicted octanol–water partition coefficient (Wildman–Crippen LogP) is 2.47. The minimum Gasteiger partial charge on any atom is -0.461 e. The highest BCUT2D eigenvalue weighted by Crippen LogP contribution is 2.18. The summed E-state index contributed by atoms with van der Waals surface area (Å²) in [5, 5.41) is 8.13. The number of carbonyl (C=O) groups is 1. The van der Waals surface area contributed by atoms with E-state index in [4.69, 9.17) is 9.47 Å². The molecule has 0 aliphatic carbocycles. The number of methoxy groups -OCH3 is 1. The molecule has 6 heteroatoms. The second kappa shape index (κ2) is 7.54. The molecule has 0 saturated heterocycles. The molecule has 120 valence electrons. The molecule has 0 aromatic carbocycles. The molecule has 0 aliphatic heterocycles. The van der Waals surface area contributed by atoms with Gasteiger partial charge in [0, 0.05) is 13.7 Å². The third-order valence-electron chi connectivity index (χ3n) is 3.39. The molecule has 0 atom stereocenters. The van der Waals surface area contributed by atoms with E-state index in [1.54, 1.807) is 18.7 Å². The molecule has 0 spiro atoms. The van der Waals surface area contributed by atoms with Gasteiger partial charge in [-0.3, -0.25) is 0 Å². The molecule has 0 N–H and O–H groups in total. The summed E-state index contributed by atoms with van der Waals surface area (Å²) in [6.07, 6.45) is 1.54. The quantitative estimate of drug-likeness (QED) is 0.690. The monoisotopic (exact) mass is 297 g/mol. The fourth-order valence-corrected chi connectivity index (χ4v) is 1.94. The van der Waals surface area contributed by atoms with Gasteiger partial charge in [0.2, 0.25) is 0 Å². The first-order valence-electron chi connectivity index (χ1n) is 7.45. The molecule has 0 saturated carbocycles. The minimum absolute atomic E-state index is 0.231. The van der Waals surface area contributed by atoms with Crippen LogP contribution >= 0.6 is 0 Å². The molecular weight excluding hydrogens is 270 g/mol. The van der Waals surface area contributed by atoms with Crippen molar-refractivity contribution in [1.82, 2.24) is 15.0 Å². The maximum atomic E-state index is 12.0. The van der Waals surface area contributed by atoms with Crippen molar-refractivity contribution in [2.45, 2.75) is 59.6 Å². The largest absolute Gasteiger partial charge is 0.461 e. The number of rotatable bonds is 8. The van der Waals surface area contributed by atoms with Crippen molar-refractivity contribution in [1.29, 1.82) is 0 Å². The lowest BCUT2D eigenvalue weighted by molar-refractivity contribution is 0.0110. The van der Waals surface area contributed by atoms with Crippen LogP contribution in [0.4, 0.5) is 0 Å². The van der Waals surface area contributed by atoms with E-state index in [0.717, 1.165) is 18.5 Å². The minimum atomic E-state index is -0.398. The lowest BCUT2D eigenvalue weighted by Crippen LogP contribution is -2.25. The first-order valence-corrected chi connectivity index (χ1v) is 7.45. The van der Waals surface area contributed by atoms with Gasteiger partial charge >= 0.3 is 5.97 Å². The Bertz CT molecular complexity index is 467. The standard InChI is InChI=1S/C15H27N3O3/c1-7-21-14(19)13-12(10-11(2)3)18(17-16-13)9-8-15(4,5)20-6/h11H,7-10H2,1-6H3. The van der Waals surface area contributed by atoms with Gasteiger partial charge in [-0.25, -0.2) is 9.48 Å². The van der Waals surface area contributed by atoms with Crippen molar-refractivity contribution in [3.05, 3.63) is 11.4 Å². The van der Waals surface area contributed by atoms with Gasteiger partial charge in [0.1, 0.15) is 0 Å². The molecule has 0 bridgehead atoms. The third kappa shape index (κ3) is 5.12. The summed E-state index contributed by atoms with van der Waals surface area (Å²) in [7, 11) is 1.69. The second-order valence-electron chi connectivity index (χ2n) is 6.14. The maximum Gasteiger partial charge on any atom is 0.360 e. The van der Waals surface area contributed by atoms with E-state index < -0.39 is 5.97 Å². The topological polar surface area (TPSA) is 66.2 Å². The Morgan fingerprint density at radius 2 is 2.05 bits per heavy atom. The van der Waals surface area contributed by atoms with Crippen LogP contribution in [0.3, 0.4) is 0 Å². The first kappa shape index (κ1) is 17.6. The van der Waals surface area contributed by atoms with Gasteiger partial charge in [0.05, 0.1) is 17.9 Å². The molecule has 0 radical (unpaired) electrons. The molecule has 6 nitrogen and oxygen atoms in total. The summed E-state index contributed by atoms with van der Waals surface area (Å²) >= 11 is 0. The fourth-order valence-electron chi connectivity index (χ4n) is 1.94. The molecule has 0 unspecified atom stereocenters. The summed E-state index contributed by atoms with van der Waals surface area (Å²) in [5.74, 6) is 0.0104. The Morgan fingerprint density at radius 1 is 1.38 bits per heavy atom. The Morgan fingerprint density at radius 3 is 2.57 bits per heavy atom. The zero-order valence-electron chi connectivity index (χ0n) is 14.0. The van der Waals surface area contributed by atoms with E-state index >= 15 is 0 Å². The van der Waals surface area contributed by atoms with Gasteiger partial charge in [-0.1, -0.05) is 19.1 Å². The summed E-state index contributed by atoms with van der Waals surface area (Å²) in [4.78, 5) is 12.0. The van der Waals surface area contributed by atoms with Gasteiger partial charge in [-0.2, -0.15) is 0 Å². The highest BCUT2D eigenvalue weighted by atomic mass is 16.5. The van der Waals surface area contributed by atoms with Crippen LogP contribution < -0.4 is 0 Å². The normalized spacial score (nSPS) is 12.0. The summed E-state index contributed by atoms with van der Waals surface area (Å²) < 4.78 is 12.3. The van der Waals surface area contributed by atoms with Crippen molar-refractivity contribution >= 4 is 5.97 Å². The second-order valence-corrected chi connectivity index (χ2v) is 6.14. The molecule has 1 rings (SSSR count). The highest BCUT2D eigenvalue weighted by Gasteiger charge is 2.23. The van der Waals surface area contributed by atoms with E-state index in [0.29, 0.717) is 24.8 Å². The Hall–Kier alpha value is -1.43. The molecule has 0 amide bonds. The zero-order chi connectivity index (χ0) is 16.0. The van der Waals surface area contributed by atoms with E-state index in [9.17, 15) is 4.79 Å². The summed E-state index contributed by atoms with van der Waals surface area (Å²) in [6.45, 7) is 11.0. The average molecular weight is 297 g/mol. The number of nitrogens with zero attached hydrogens (tertiary/aromatic N) is 3. The highest BCUT2D eigenvalue weighted by molar-refractivity contribution is 5.88. The van der Waals surface area contributed by atoms with Crippen LogP contribution in [0.2, 0.25) is 0 Å². The fraction of sp³-hybridized carbons (Fsp3) is 0.800. The van der Waals surface area contributed by atoms with Crippen molar-refractivity contribution in [2.75, 3.05) is 13.7 Å². The van der Waals surface area contributed by atoms with Crippen molar-refractivity contribution in [2.24, 2.45) is 5.92 Å². The van der Waals surface area contributed by atoms with E-state index in [1.807, 2.05) is 13.8 Å². The van der Waals surface area contributed by atoms with Gasteiger partial charge in [-0.15, -0.1) is 5.10 Å². The number of hydrogen-bond acceptors (Lipinski definition) is 5. The molecule has 21 heavy (non-hydrogen) atoms. The molecule has 0 fully saturated rings. The SMILES string of the molecule is CCOC(=O)c1nnn(CCC(C)(C)OC)c1CC(C)C. The number of ether oxygens (including phenoxy) is 2. The van der Waals surface area contributed by atoms with Crippen molar-refractivity contribution in [3.63, 3.8) is 0 Å². The van der Waals surface area contributed by atoms with Crippen molar-refractivity contribution < 1.29 is 14.3 Å². The third-order valence-corrected chi connectivity index (χ3v) is 3.39. The summed E-state index contributed by atoms with van der Waals surface area (Å²) in [6, 6.07) is 0. The van der Waals surface area contributed by atoms with Gasteiger partial charge in [-0.05, 0) is 39.5 Å².